The second kappa shape index (κ2) is 9.53. The number of hydrogen-bond donors (Lipinski definition) is 2. The van der Waals surface area contributed by atoms with Crippen molar-refractivity contribution in [3.63, 3.8) is 0 Å². The third-order valence-electron chi connectivity index (χ3n) is 3.78. The number of amidine groups is 1. The van der Waals surface area contributed by atoms with Crippen molar-refractivity contribution in [1.82, 2.24) is 5.32 Å². The zero-order valence-corrected chi connectivity index (χ0v) is 16.4. The molecular weight excluding hydrogens is 421 g/mol. The number of carboxylic acids is 1. The van der Waals surface area contributed by atoms with Crippen molar-refractivity contribution in [3.8, 4) is 5.75 Å². The quantitative estimate of drug-likeness (QED) is 0.512. The number of amides is 1. The first kappa shape index (κ1) is 20.8. The van der Waals surface area contributed by atoms with Crippen LogP contribution in [-0.4, -0.2) is 33.6 Å². The normalized spacial score (nSPS) is 17.7. The first-order valence-electron chi connectivity index (χ1n) is 8.38. The van der Waals surface area contributed by atoms with Crippen molar-refractivity contribution in [2.75, 3.05) is 0 Å². The number of nitrogens with one attached hydrogen (secondary N) is 1. The second-order valence-corrected chi connectivity index (χ2v) is 7.52. The minimum atomic E-state index is -1.06. The summed E-state index contributed by atoms with van der Waals surface area (Å²) in [7, 11) is 0. The van der Waals surface area contributed by atoms with Gasteiger partial charge in [0, 0.05) is 5.56 Å². The number of hydrogen-bond acceptors (Lipinski definition) is 6. The van der Waals surface area contributed by atoms with E-state index in [-0.39, 0.29) is 23.2 Å². The van der Waals surface area contributed by atoms with Gasteiger partial charge in [0.1, 0.15) is 23.4 Å². The molecule has 10 heteroatoms. The fraction of sp³-hybridized carbons (Fsp3) is 0.158. The largest absolute Gasteiger partial charge is 0.489 e. The average Bonchev–Trinajstić information content (AvgIpc) is 3.02. The Morgan fingerprint density at radius 3 is 2.93 bits per heavy atom. The SMILES string of the molecule is O=C(O)CC1SC(=NN=Cc2cccc(OCc3cccc(Cl)c3F)c2)NC1=O. The van der Waals surface area contributed by atoms with Crippen molar-refractivity contribution in [1.29, 1.82) is 0 Å². The van der Waals surface area contributed by atoms with Crippen molar-refractivity contribution < 1.29 is 23.8 Å². The number of thioether (sulfide) groups is 1. The van der Waals surface area contributed by atoms with Crippen LogP contribution in [0.1, 0.15) is 17.5 Å². The monoisotopic (exact) mass is 435 g/mol. The smallest absolute Gasteiger partial charge is 0.305 e. The van der Waals surface area contributed by atoms with E-state index in [1.807, 2.05) is 0 Å². The van der Waals surface area contributed by atoms with Crippen LogP contribution in [0, 0.1) is 5.82 Å². The van der Waals surface area contributed by atoms with Gasteiger partial charge >= 0.3 is 5.97 Å². The van der Waals surface area contributed by atoms with Gasteiger partial charge in [0.25, 0.3) is 0 Å². The molecule has 0 saturated carbocycles. The van der Waals surface area contributed by atoms with Crippen LogP contribution >= 0.6 is 23.4 Å². The highest BCUT2D eigenvalue weighted by molar-refractivity contribution is 8.15. The molecule has 2 N–H and O–H groups in total. The van der Waals surface area contributed by atoms with Gasteiger partial charge in [0.05, 0.1) is 17.7 Å². The van der Waals surface area contributed by atoms with Gasteiger partial charge in [-0.25, -0.2) is 4.39 Å². The molecule has 0 aromatic heterocycles. The summed E-state index contributed by atoms with van der Waals surface area (Å²) in [5.41, 5.74) is 1.02. The summed E-state index contributed by atoms with van der Waals surface area (Å²) in [6.45, 7) is 0.0168. The van der Waals surface area contributed by atoms with Gasteiger partial charge in [0.15, 0.2) is 5.17 Å². The molecule has 150 valence electrons. The Hall–Kier alpha value is -2.91. The molecule has 0 radical (unpaired) electrons. The summed E-state index contributed by atoms with van der Waals surface area (Å²) in [6.07, 6.45) is 1.17. The molecule has 3 rings (SSSR count). The van der Waals surface area contributed by atoms with E-state index in [2.05, 4.69) is 15.5 Å². The van der Waals surface area contributed by atoms with Gasteiger partial charge in [-0.05, 0) is 23.8 Å². The van der Waals surface area contributed by atoms with Gasteiger partial charge < -0.3 is 15.2 Å². The molecule has 2 aromatic carbocycles. The molecule has 0 spiro atoms. The maximum atomic E-state index is 13.9. The average molecular weight is 436 g/mol. The molecule has 1 fully saturated rings. The molecule has 2 aromatic rings. The highest BCUT2D eigenvalue weighted by Gasteiger charge is 2.32. The highest BCUT2D eigenvalue weighted by Crippen LogP contribution is 2.23. The van der Waals surface area contributed by atoms with Crippen LogP contribution in [0.5, 0.6) is 5.75 Å². The van der Waals surface area contributed by atoms with E-state index in [1.54, 1.807) is 36.4 Å². The van der Waals surface area contributed by atoms with E-state index >= 15 is 0 Å². The number of rotatable bonds is 7. The van der Waals surface area contributed by atoms with Crippen LogP contribution in [-0.2, 0) is 16.2 Å². The van der Waals surface area contributed by atoms with Crippen molar-refractivity contribution in [3.05, 3.63) is 64.4 Å². The number of benzene rings is 2. The predicted molar refractivity (Wildman–Crippen MR) is 109 cm³/mol. The Bertz CT molecular complexity index is 999. The fourth-order valence-corrected chi connectivity index (χ4v) is 3.51. The van der Waals surface area contributed by atoms with E-state index in [9.17, 15) is 14.0 Å². The van der Waals surface area contributed by atoms with Crippen molar-refractivity contribution in [2.24, 2.45) is 10.2 Å². The first-order chi connectivity index (χ1) is 13.9. The van der Waals surface area contributed by atoms with Gasteiger partial charge in [-0.1, -0.05) is 47.6 Å². The molecule has 0 bridgehead atoms. The predicted octanol–water partition coefficient (Wildman–Crippen LogP) is 3.45. The molecule has 1 amide bonds. The number of ether oxygens (including phenoxy) is 1. The maximum Gasteiger partial charge on any atom is 0.305 e. The number of carbonyl (C=O) groups excluding carboxylic acids is 1. The number of aliphatic carboxylic acids is 1. The van der Waals surface area contributed by atoms with Crippen molar-refractivity contribution >= 4 is 46.6 Å². The molecule has 1 aliphatic rings. The summed E-state index contributed by atoms with van der Waals surface area (Å²) in [5.74, 6) is -1.47. The number of nitrogens with zero attached hydrogens (tertiary/aromatic N) is 2. The number of carboxylic acid groups (broad SMARTS) is 1. The lowest BCUT2D eigenvalue weighted by Crippen LogP contribution is -2.26. The Morgan fingerprint density at radius 2 is 2.14 bits per heavy atom. The second-order valence-electron chi connectivity index (χ2n) is 5.92. The molecule has 1 saturated heterocycles. The maximum absolute atomic E-state index is 13.9. The molecule has 1 heterocycles. The lowest BCUT2D eigenvalue weighted by atomic mass is 10.2. The topological polar surface area (TPSA) is 100 Å². The van der Waals surface area contributed by atoms with Gasteiger partial charge in [-0.15, -0.1) is 5.10 Å². The number of carbonyl (C=O) groups is 2. The van der Waals surface area contributed by atoms with Crippen LogP contribution < -0.4 is 10.1 Å². The summed E-state index contributed by atoms with van der Waals surface area (Å²) in [5, 5.41) is 18.6. The third-order valence-corrected chi connectivity index (χ3v) is 5.14. The van der Waals surface area contributed by atoms with E-state index in [0.29, 0.717) is 16.9 Å². The minimum Gasteiger partial charge on any atom is -0.489 e. The molecule has 1 atom stereocenters. The van der Waals surface area contributed by atoms with Crippen molar-refractivity contribution in [2.45, 2.75) is 18.3 Å². The summed E-state index contributed by atoms with van der Waals surface area (Å²) in [6, 6.07) is 11.6. The standard InChI is InChI=1S/C19H15ClFN3O4S/c20-14-6-2-4-12(17(14)21)10-28-13-5-1-3-11(7-13)9-22-24-19-23-18(27)15(29-19)8-16(25)26/h1-7,9,15H,8,10H2,(H,25,26)(H,23,24,27). The Balaban J connectivity index is 1.60. The van der Waals surface area contributed by atoms with Crippen LogP contribution in [0.25, 0.3) is 0 Å². The highest BCUT2D eigenvalue weighted by atomic mass is 35.5. The lowest BCUT2D eigenvalue weighted by molar-refractivity contribution is -0.138. The van der Waals surface area contributed by atoms with E-state index in [0.717, 1.165) is 11.8 Å². The van der Waals surface area contributed by atoms with Crippen LogP contribution in [0.4, 0.5) is 4.39 Å². The minimum absolute atomic E-state index is 0.0168. The van der Waals surface area contributed by atoms with Gasteiger partial charge in [-0.2, -0.15) is 5.10 Å². The van der Waals surface area contributed by atoms with Crippen LogP contribution in [0.15, 0.2) is 52.7 Å². The summed E-state index contributed by atoms with van der Waals surface area (Å²) in [4.78, 5) is 22.4. The Labute approximate surface area is 174 Å². The zero-order valence-electron chi connectivity index (χ0n) is 14.8. The summed E-state index contributed by atoms with van der Waals surface area (Å²) < 4.78 is 19.5. The third kappa shape index (κ3) is 5.78. The molecule has 0 aliphatic carbocycles. The molecular formula is C19H15ClFN3O4S. The van der Waals surface area contributed by atoms with E-state index < -0.39 is 22.9 Å². The van der Waals surface area contributed by atoms with Crippen LogP contribution in [0.2, 0.25) is 5.02 Å². The fourth-order valence-electron chi connectivity index (χ4n) is 2.40. The molecule has 1 aliphatic heterocycles. The molecule has 29 heavy (non-hydrogen) atoms. The molecule has 1 unspecified atom stereocenters. The Kier molecular flexibility index (Phi) is 6.84. The number of halogens is 2. The van der Waals surface area contributed by atoms with Crippen LogP contribution in [0.3, 0.4) is 0 Å². The van der Waals surface area contributed by atoms with Gasteiger partial charge in [0.2, 0.25) is 5.91 Å². The first-order valence-corrected chi connectivity index (χ1v) is 9.64. The van der Waals surface area contributed by atoms with E-state index in [4.69, 9.17) is 21.4 Å². The Morgan fingerprint density at radius 1 is 1.34 bits per heavy atom. The van der Waals surface area contributed by atoms with E-state index in [1.165, 1.54) is 12.3 Å². The lowest BCUT2D eigenvalue weighted by Gasteiger charge is -2.08. The molecule has 7 nitrogen and oxygen atoms in total. The summed E-state index contributed by atoms with van der Waals surface area (Å²) >= 11 is 6.77. The zero-order chi connectivity index (χ0) is 20.8. The van der Waals surface area contributed by atoms with Gasteiger partial charge in [-0.3, -0.25) is 9.59 Å².